The van der Waals surface area contributed by atoms with Gasteiger partial charge in [-0.3, -0.25) is 4.90 Å². The highest BCUT2D eigenvalue weighted by Crippen LogP contribution is 2.40. The van der Waals surface area contributed by atoms with E-state index in [2.05, 4.69) is 19.8 Å². The van der Waals surface area contributed by atoms with Gasteiger partial charge in [0.2, 0.25) is 5.95 Å². The van der Waals surface area contributed by atoms with Crippen LogP contribution < -0.4 is 4.90 Å². The minimum Gasteiger partial charge on any atom is -0.340 e. The van der Waals surface area contributed by atoms with E-state index in [9.17, 15) is 8.78 Å². The molecule has 3 heterocycles. The number of rotatable bonds is 3. The minimum absolute atomic E-state index is 0.234. The Morgan fingerprint density at radius 3 is 2.48 bits per heavy atom. The number of benzene rings is 1. The Hall–Kier alpha value is -2.08. The third kappa shape index (κ3) is 3.95. The van der Waals surface area contributed by atoms with Crippen molar-refractivity contribution in [3.8, 4) is 0 Å². The van der Waals surface area contributed by atoms with Gasteiger partial charge in [-0.15, -0.1) is 0 Å². The molecule has 2 saturated heterocycles. The lowest BCUT2D eigenvalue weighted by Gasteiger charge is -2.40. The number of anilines is 1. The van der Waals surface area contributed by atoms with Gasteiger partial charge in [0.25, 0.3) is 0 Å². The summed E-state index contributed by atoms with van der Waals surface area (Å²) in [4.78, 5) is 13.9. The van der Waals surface area contributed by atoms with Crippen LogP contribution in [-0.4, -0.2) is 41.0 Å². The van der Waals surface area contributed by atoms with Crippen LogP contribution in [0, 0.1) is 30.9 Å². The largest absolute Gasteiger partial charge is 0.340 e. The van der Waals surface area contributed by atoms with E-state index in [0.717, 1.165) is 61.9 Å². The zero-order valence-electron chi connectivity index (χ0n) is 16.0. The minimum atomic E-state index is -0.784. The first-order chi connectivity index (χ1) is 12.9. The average Bonchev–Trinajstić information content (AvgIpc) is 3.01. The van der Waals surface area contributed by atoms with E-state index in [1.165, 1.54) is 18.6 Å². The lowest BCUT2D eigenvalue weighted by atomic mass is 9.79. The normalized spacial score (nSPS) is 23.3. The summed E-state index contributed by atoms with van der Waals surface area (Å²) in [6.07, 6.45) is 3.45. The number of piperidine rings is 1. The van der Waals surface area contributed by atoms with Crippen molar-refractivity contribution in [2.24, 2.45) is 5.41 Å². The molecule has 4 nitrogen and oxygen atoms in total. The standard InChI is InChI=1S/C21H26F2N4/c1-15-10-16(2)25-20(24-15)27-9-7-21(14-27)6-3-8-26(13-21)12-17-4-5-18(22)19(23)11-17/h4-5,10-11H,3,6-9,12-14H2,1-2H3. The molecule has 0 saturated carbocycles. The van der Waals surface area contributed by atoms with Crippen molar-refractivity contribution in [3.05, 3.63) is 52.9 Å². The maximum absolute atomic E-state index is 13.5. The molecule has 1 aromatic carbocycles. The number of likely N-dealkylation sites (tertiary alicyclic amines) is 1. The Balaban J connectivity index is 1.45. The molecule has 0 amide bonds. The molecule has 1 atom stereocenters. The first-order valence-electron chi connectivity index (χ1n) is 9.66. The van der Waals surface area contributed by atoms with Crippen molar-refractivity contribution in [1.29, 1.82) is 0 Å². The Kier molecular flexibility index (Phi) is 4.84. The zero-order valence-corrected chi connectivity index (χ0v) is 16.0. The molecule has 144 valence electrons. The van der Waals surface area contributed by atoms with Crippen molar-refractivity contribution >= 4 is 5.95 Å². The highest BCUT2D eigenvalue weighted by molar-refractivity contribution is 5.35. The predicted molar refractivity (Wildman–Crippen MR) is 102 cm³/mol. The summed E-state index contributed by atoms with van der Waals surface area (Å²) < 4.78 is 26.7. The molecule has 2 aliphatic heterocycles. The predicted octanol–water partition coefficient (Wildman–Crippen LogP) is 3.86. The second-order valence-corrected chi connectivity index (χ2v) is 8.18. The van der Waals surface area contributed by atoms with Crippen molar-refractivity contribution in [2.45, 2.75) is 39.7 Å². The van der Waals surface area contributed by atoms with Crippen LogP contribution in [0.5, 0.6) is 0 Å². The van der Waals surface area contributed by atoms with Gasteiger partial charge in [-0.2, -0.15) is 0 Å². The molecule has 1 aromatic heterocycles. The summed E-state index contributed by atoms with van der Waals surface area (Å²) in [5.41, 5.74) is 3.07. The Morgan fingerprint density at radius 1 is 0.963 bits per heavy atom. The fourth-order valence-corrected chi connectivity index (χ4v) is 4.63. The summed E-state index contributed by atoms with van der Waals surface area (Å²) in [6.45, 7) is 8.60. The molecular formula is C21H26F2N4. The van der Waals surface area contributed by atoms with Gasteiger partial charge in [0.05, 0.1) is 0 Å². The molecule has 0 bridgehead atoms. The zero-order chi connectivity index (χ0) is 19.0. The summed E-state index contributed by atoms with van der Waals surface area (Å²) in [6, 6.07) is 6.23. The van der Waals surface area contributed by atoms with Crippen LogP contribution in [0.25, 0.3) is 0 Å². The van der Waals surface area contributed by atoms with Gasteiger partial charge in [-0.25, -0.2) is 18.7 Å². The number of aromatic nitrogens is 2. The van der Waals surface area contributed by atoms with E-state index < -0.39 is 11.6 Å². The Bertz CT molecular complexity index is 821. The van der Waals surface area contributed by atoms with E-state index in [1.807, 2.05) is 19.9 Å². The monoisotopic (exact) mass is 372 g/mol. The van der Waals surface area contributed by atoms with Crippen LogP contribution >= 0.6 is 0 Å². The molecule has 6 heteroatoms. The first kappa shape index (κ1) is 18.3. The summed E-state index contributed by atoms with van der Waals surface area (Å²) >= 11 is 0. The second kappa shape index (κ2) is 7.15. The van der Waals surface area contributed by atoms with Crippen LogP contribution in [0.4, 0.5) is 14.7 Å². The molecule has 1 unspecified atom stereocenters. The van der Waals surface area contributed by atoms with Crippen LogP contribution in [-0.2, 0) is 6.54 Å². The number of hydrogen-bond acceptors (Lipinski definition) is 4. The first-order valence-corrected chi connectivity index (χ1v) is 9.66. The molecule has 0 N–H and O–H groups in total. The van der Waals surface area contributed by atoms with E-state index in [0.29, 0.717) is 6.54 Å². The summed E-state index contributed by atoms with van der Waals surface area (Å²) in [7, 11) is 0. The molecule has 0 radical (unpaired) electrons. The molecule has 27 heavy (non-hydrogen) atoms. The third-order valence-electron chi connectivity index (χ3n) is 5.82. The highest BCUT2D eigenvalue weighted by atomic mass is 19.2. The number of hydrogen-bond donors (Lipinski definition) is 0. The summed E-state index contributed by atoms with van der Waals surface area (Å²) in [5.74, 6) is -0.714. The van der Waals surface area contributed by atoms with Crippen molar-refractivity contribution in [2.75, 3.05) is 31.1 Å². The number of nitrogens with zero attached hydrogens (tertiary/aromatic N) is 4. The van der Waals surface area contributed by atoms with Gasteiger partial charge in [0.15, 0.2) is 11.6 Å². The Morgan fingerprint density at radius 2 is 1.74 bits per heavy atom. The van der Waals surface area contributed by atoms with Gasteiger partial charge in [-0.1, -0.05) is 6.07 Å². The second-order valence-electron chi connectivity index (χ2n) is 8.18. The van der Waals surface area contributed by atoms with Gasteiger partial charge >= 0.3 is 0 Å². The van der Waals surface area contributed by atoms with Crippen LogP contribution in [0.3, 0.4) is 0 Å². The lowest BCUT2D eigenvalue weighted by molar-refractivity contribution is 0.0990. The van der Waals surface area contributed by atoms with Gasteiger partial charge in [0, 0.05) is 43.0 Å². The molecular weight excluding hydrogens is 346 g/mol. The molecule has 0 aliphatic carbocycles. The van der Waals surface area contributed by atoms with Gasteiger partial charge in [-0.05, 0) is 63.4 Å². The quantitative estimate of drug-likeness (QED) is 0.819. The van der Waals surface area contributed by atoms with E-state index in [4.69, 9.17) is 0 Å². The Labute approximate surface area is 159 Å². The maximum atomic E-state index is 13.5. The molecule has 2 fully saturated rings. The van der Waals surface area contributed by atoms with Crippen LogP contribution in [0.2, 0.25) is 0 Å². The SMILES string of the molecule is Cc1cc(C)nc(N2CCC3(CCCN(Cc4ccc(F)c(F)c4)C3)C2)n1. The smallest absolute Gasteiger partial charge is 0.225 e. The van der Waals surface area contributed by atoms with Crippen LogP contribution in [0.1, 0.15) is 36.2 Å². The van der Waals surface area contributed by atoms with Crippen LogP contribution in [0.15, 0.2) is 24.3 Å². The average molecular weight is 372 g/mol. The van der Waals surface area contributed by atoms with Crippen molar-refractivity contribution < 1.29 is 8.78 Å². The fourth-order valence-electron chi connectivity index (χ4n) is 4.63. The maximum Gasteiger partial charge on any atom is 0.225 e. The van der Waals surface area contributed by atoms with E-state index >= 15 is 0 Å². The molecule has 2 aromatic rings. The number of aryl methyl sites for hydroxylation is 2. The van der Waals surface area contributed by atoms with E-state index in [-0.39, 0.29) is 5.41 Å². The van der Waals surface area contributed by atoms with Crippen molar-refractivity contribution in [3.63, 3.8) is 0 Å². The fraction of sp³-hybridized carbons (Fsp3) is 0.524. The molecule has 1 spiro atoms. The molecule has 4 rings (SSSR count). The van der Waals surface area contributed by atoms with Gasteiger partial charge < -0.3 is 4.90 Å². The topological polar surface area (TPSA) is 32.3 Å². The highest BCUT2D eigenvalue weighted by Gasteiger charge is 2.42. The molecule has 2 aliphatic rings. The number of halogens is 2. The van der Waals surface area contributed by atoms with Gasteiger partial charge in [0.1, 0.15) is 0 Å². The third-order valence-corrected chi connectivity index (χ3v) is 5.82. The lowest BCUT2D eigenvalue weighted by Crippen LogP contribution is -2.44. The van der Waals surface area contributed by atoms with E-state index in [1.54, 1.807) is 6.07 Å². The van der Waals surface area contributed by atoms with Crippen molar-refractivity contribution in [1.82, 2.24) is 14.9 Å². The summed E-state index contributed by atoms with van der Waals surface area (Å²) in [5, 5.41) is 0.